The zero-order valence-corrected chi connectivity index (χ0v) is 12.2. The molecule has 5 nitrogen and oxygen atoms in total. The number of nitriles is 1. The second-order valence-electron chi connectivity index (χ2n) is 4.53. The van der Waals surface area contributed by atoms with Crippen molar-refractivity contribution in [1.29, 1.82) is 5.26 Å². The van der Waals surface area contributed by atoms with Gasteiger partial charge in [-0.3, -0.25) is 4.68 Å². The molecule has 0 fully saturated rings. The lowest BCUT2D eigenvalue weighted by Gasteiger charge is -2.05. The van der Waals surface area contributed by atoms with Crippen LogP contribution >= 0.6 is 11.6 Å². The molecule has 19 heavy (non-hydrogen) atoms. The van der Waals surface area contributed by atoms with Crippen LogP contribution < -0.4 is 0 Å². The molecule has 1 heterocycles. The van der Waals surface area contributed by atoms with Crippen molar-refractivity contribution in [3.05, 3.63) is 22.0 Å². The van der Waals surface area contributed by atoms with Crippen LogP contribution in [0.1, 0.15) is 25.1 Å². The van der Waals surface area contributed by atoms with E-state index in [-0.39, 0.29) is 5.57 Å². The number of esters is 1. The molecule has 0 aliphatic carbocycles. The normalized spacial score (nSPS) is 11.5. The first-order valence-corrected chi connectivity index (χ1v) is 6.21. The number of hydrogen-bond acceptors (Lipinski definition) is 4. The fourth-order valence-corrected chi connectivity index (χ4v) is 1.89. The van der Waals surface area contributed by atoms with Crippen LogP contribution in [0.3, 0.4) is 0 Å². The van der Waals surface area contributed by atoms with Crippen molar-refractivity contribution >= 4 is 23.6 Å². The predicted octanol–water partition coefficient (Wildman–Crippen LogP) is 2.58. The maximum atomic E-state index is 11.4. The van der Waals surface area contributed by atoms with Gasteiger partial charge in [-0.2, -0.15) is 10.4 Å². The summed E-state index contributed by atoms with van der Waals surface area (Å²) >= 11 is 6.22. The zero-order valence-electron chi connectivity index (χ0n) is 11.4. The van der Waals surface area contributed by atoms with E-state index in [2.05, 4.69) is 23.7 Å². The zero-order chi connectivity index (χ0) is 14.6. The van der Waals surface area contributed by atoms with E-state index in [0.29, 0.717) is 28.9 Å². The molecule has 6 heteroatoms. The lowest BCUT2D eigenvalue weighted by atomic mass is 10.1. The van der Waals surface area contributed by atoms with E-state index in [4.69, 9.17) is 16.9 Å². The topological polar surface area (TPSA) is 67.9 Å². The minimum Gasteiger partial charge on any atom is -0.465 e. The van der Waals surface area contributed by atoms with Crippen molar-refractivity contribution in [1.82, 2.24) is 9.78 Å². The molecule has 0 aromatic carbocycles. The highest BCUT2D eigenvalue weighted by Crippen LogP contribution is 2.23. The van der Waals surface area contributed by atoms with Crippen molar-refractivity contribution in [3.63, 3.8) is 0 Å². The molecule has 0 saturated carbocycles. The van der Waals surface area contributed by atoms with Crippen LogP contribution in [0.25, 0.3) is 6.08 Å². The predicted molar refractivity (Wildman–Crippen MR) is 72.4 cm³/mol. The van der Waals surface area contributed by atoms with Crippen molar-refractivity contribution in [3.8, 4) is 6.07 Å². The second-order valence-corrected chi connectivity index (χ2v) is 4.89. The van der Waals surface area contributed by atoms with Crippen LogP contribution in [-0.2, 0) is 16.1 Å². The molecule has 0 unspecified atom stereocenters. The second kappa shape index (κ2) is 6.39. The minimum atomic E-state index is -0.686. The number of hydrogen-bond donors (Lipinski definition) is 0. The van der Waals surface area contributed by atoms with Crippen LogP contribution in [0.5, 0.6) is 0 Å². The standard InChI is InChI=1S/C13H16ClN3O2/c1-8(2)7-17-12(14)11(9(3)16-17)5-10(6-15)13(18)19-4/h5,8H,7H2,1-4H3/b10-5+. The fraction of sp³-hybridized carbons (Fsp3) is 0.462. The number of methoxy groups -OCH3 is 1. The molecule has 0 radical (unpaired) electrons. The van der Waals surface area contributed by atoms with E-state index in [0.717, 1.165) is 0 Å². The average Bonchev–Trinajstić information content (AvgIpc) is 2.60. The highest BCUT2D eigenvalue weighted by atomic mass is 35.5. The van der Waals surface area contributed by atoms with Crippen molar-refractivity contribution < 1.29 is 9.53 Å². The van der Waals surface area contributed by atoms with E-state index in [1.807, 2.05) is 0 Å². The average molecular weight is 282 g/mol. The van der Waals surface area contributed by atoms with Gasteiger partial charge in [0.2, 0.25) is 0 Å². The molecule has 0 aliphatic rings. The molecule has 102 valence electrons. The number of aryl methyl sites for hydroxylation is 1. The quantitative estimate of drug-likeness (QED) is 0.483. The van der Waals surface area contributed by atoms with Crippen LogP contribution in [0, 0.1) is 24.2 Å². The third-order valence-corrected chi connectivity index (χ3v) is 2.86. The molecular formula is C13H16ClN3O2. The summed E-state index contributed by atoms with van der Waals surface area (Å²) in [5.41, 5.74) is 1.14. The molecule has 0 N–H and O–H groups in total. The summed E-state index contributed by atoms with van der Waals surface area (Å²) in [6.45, 7) is 6.56. The summed E-state index contributed by atoms with van der Waals surface area (Å²) < 4.78 is 6.19. The number of aromatic nitrogens is 2. The van der Waals surface area contributed by atoms with Gasteiger partial charge in [-0.05, 0) is 18.9 Å². The Labute approximate surface area is 117 Å². The number of halogens is 1. The molecule has 0 saturated heterocycles. The molecule has 0 aliphatic heterocycles. The number of nitrogens with zero attached hydrogens (tertiary/aromatic N) is 3. The Hall–Kier alpha value is -1.80. The van der Waals surface area contributed by atoms with E-state index in [1.54, 1.807) is 17.7 Å². The van der Waals surface area contributed by atoms with Gasteiger partial charge in [-0.25, -0.2) is 4.79 Å². The summed E-state index contributed by atoms with van der Waals surface area (Å²) in [4.78, 5) is 11.4. The molecule has 1 aromatic heterocycles. The first-order valence-electron chi connectivity index (χ1n) is 5.83. The van der Waals surface area contributed by atoms with Gasteiger partial charge in [0.15, 0.2) is 0 Å². The van der Waals surface area contributed by atoms with Crippen LogP contribution in [-0.4, -0.2) is 22.9 Å². The van der Waals surface area contributed by atoms with Crippen LogP contribution in [0.15, 0.2) is 5.57 Å². The Balaban J connectivity index is 3.22. The number of rotatable bonds is 4. The van der Waals surface area contributed by atoms with Gasteiger partial charge in [-0.15, -0.1) is 0 Å². The minimum absolute atomic E-state index is 0.100. The first-order chi connectivity index (χ1) is 8.90. The Bertz CT molecular complexity index is 553. The fourth-order valence-electron chi connectivity index (χ4n) is 1.59. The van der Waals surface area contributed by atoms with Gasteiger partial charge >= 0.3 is 5.97 Å². The van der Waals surface area contributed by atoms with E-state index >= 15 is 0 Å². The van der Waals surface area contributed by atoms with Crippen molar-refractivity contribution in [2.75, 3.05) is 7.11 Å². The lowest BCUT2D eigenvalue weighted by molar-refractivity contribution is -0.135. The Morgan fingerprint density at radius 1 is 1.63 bits per heavy atom. The highest BCUT2D eigenvalue weighted by Gasteiger charge is 2.16. The summed E-state index contributed by atoms with van der Waals surface area (Å²) in [5.74, 6) is -0.292. The summed E-state index contributed by atoms with van der Waals surface area (Å²) in [6.07, 6.45) is 1.41. The van der Waals surface area contributed by atoms with Gasteiger partial charge in [-0.1, -0.05) is 25.4 Å². The van der Waals surface area contributed by atoms with E-state index < -0.39 is 5.97 Å². The van der Waals surface area contributed by atoms with E-state index in [9.17, 15) is 4.79 Å². The third-order valence-electron chi connectivity index (χ3n) is 2.46. The SMILES string of the molecule is COC(=O)/C(C#N)=C/c1c(C)nn(CC(C)C)c1Cl. The molecule has 0 atom stereocenters. The van der Waals surface area contributed by atoms with Gasteiger partial charge < -0.3 is 4.74 Å². The molecule has 0 amide bonds. The summed E-state index contributed by atoms with van der Waals surface area (Å²) in [5, 5.41) is 13.7. The number of carbonyl (C=O) groups is 1. The Morgan fingerprint density at radius 3 is 2.74 bits per heavy atom. The molecule has 1 aromatic rings. The maximum absolute atomic E-state index is 11.4. The van der Waals surface area contributed by atoms with Gasteiger partial charge in [0.25, 0.3) is 0 Å². The van der Waals surface area contributed by atoms with E-state index in [1.165, 1.54) is 13.2 Å². The number of carbonyl (C=O) groups excluding carboxylic acids is 1. The highest BCUT2D eigenvalue weighted by molar-refractivity contribution is 6.31. The van der Waals surface area contributed by atoms with Gasteiger partial charge in [0.1, 0.15) is 16.8 Å². The summed E-state index contributed by atoms with van der Waals surface area (Å²) in [7, 11) is 1.23. The van der Waals surface area contributed by atoms with Crippen LogP contribution in [0.4, 0.5) is 0 Å². The molecule has 0 bridgehead atoms. The van der Waals surface area contributed by atoms with Crippen LogP contribution in [0.2, 0.25) is 5.15 Å². The first kappa shape index (κ1) is 15.3. The lowest BCUT2D eigenvalue weighted by Crippen LogP contribution is -2.06. The largest absolute Gasteiger partial charge is 0.465 e. The Kier molecular flexibility index (Phi) is 5.13. The maximum Gasteiger partial charge on any atom is 0.348 e. The smallest absolute Gasteiger partial charge is 0.348 e. The van der Waals surface area contributed by atoms with Gasteiger partial charge in [0.05, 0.1) is 12.8 Å². The Morgan fingerprint density at radius 2 is 2.26 bits per heavy atom. The monoisotopic (exact) mass is 281 g/mol. The third kappa shape index (κ3) is 3.58. The van der Waals surface area contributed by atoms with Crippen molar-refractivity contribution in [2.24, 2.45) is 5.92 Å². The molecule has 0 spiro atoms. The molecular weight excluding hydrogens is 266 g/mol. The molecule has 1 rings (SSSR count). The van der Waals surface area contributed by atoms with Crippen molar-refractivity contribution in [2.45, 2.75) is 27.3 Å². The van der Waals surface area contributed by atoms with Gasteiger partial charge in [0, 0.05) is 12.1 Å². The summed E-state index contributed by atoms with van der Waals surface area (Å²) in [6, 6.07) is 1.80. The number of ether oxygens (including phenoxy) is 1.